The maximum absolute atomic E-state index is 14.8. The van der Waals surface area contributed by atoms with Crippen LogP contribution in [0.15, 0.2) is 106 Å². The van der Waals surface area contributed by atoms with Crippen LogP contribution in [0.4, 0.5) is 4.39 Å². The third-order valence-electron chi connectivity index (χ3n) is 9.68. The van der Waals surface area contributed by atoms with Gasteiger partial charge in [0.05, 0.1) is 5.56 Å². The summed E-state index contributed by atoms with van der Waals surface area (Å²) in [7, 11) is 0. The van der Waals surface area contributed by atoms with E-state index in [4.69, 9.17) is 14.2 Å². The molecule has 0 spiro atoms. The maximum Gasteiger partial charge on any atom is 0.336 e. The fraction of sp³-hybridized carbons (Fsp3) is 0.200. The summed E-state index contributed by atoms with van der Waals surface area (Å²) in [5.74, 6) is -3.22. The first-order valence-electron chi connectivity index (χ1n) is 14.1. The molecule has 4 unspecified atom stereocenters. The van der Waals surface area contributed by atoms with Gasteiger partial charge < -0.3 is 14.6 Å². The maximum atomic E-state index is 14.8. The van der Waals surface area contributed by atoms with Gasteiger partial charge in [0.1, 0.15) is 22.5 Å². The average molecular weight is 577 g/mol. The molecule has 2 N–H and O–H groups in total. The lowest BCUT2D eigenvalue weighted by Gasteiger charge is -2.64. The first kappa shape index (κ1) is 25.9. The summed E-state index contributed by atoms with van der Waals surface area (Å²) in [6, 6.07) is 11.7. The molecule has 0 amide bonds. The van der Waals surface area contributed by atoms with Gasteiger partial charge in [-0.25, -0.2) is 19.0 Å². The molecule has 2 aromatic rings. The SMILES string of the molecule is CC12OOC(c3cc4c(-c5ccccc5C(=O)O)c5cc(F)c(O)cc5oc-4cc3=O)(C3C=CC=CC31)C1C=CC=CC12. The number of halogens is 1. The van der Waals surface area contributed by atoms with Crippen LogP contribution in [0.1, 0.15) is 22.8 Å². The van der Waals surface area contributed by atoms with Crippen molar-refractivity contribution in [2.45, 2.75) is 18.1 Å². The van der Waals surface area contributed by atoms with Gasteiger partial charge in [-0.2, -0.15) is 0 Å². The van der Waals surface area contributed by atoms with Gasteiger partial charge in [0.2, 0.25) is 0 Å². The predicted molar refractivity (Wildman–Crippen MR) is 156 cm³/mol. The standard InChI is InChI=1S/C35H25FO7/c1-34-22-10-4-6-12-24(22)35(43-42-34,25-13-7-5-11-23(25)34)26-14-20-30(16-28(26)37)41-31-17-29(38)27(36)15-21(31)32(20)18-8-2-3-9-19(18)33(39)40/h2-17,22-25,38H,1H3,(H,39,40). The molecule has 9 rings (SSSR count). The van der Waals surface area contributed by atoms with Gasteiger partial charge in [-0.05, 0) is 30.7 Å². The van der Waals surface area contributed by atoms with Gasteiger partial charge in [0.25, 0.3) is 0 Å². The van der Waals surface area contributed by atoms with Gasteiger partial charge in [-0.3, -0.25) is 4.79 Å². The molecule has 3 heterocycles. The third-order valence-corrected chi connectivity index (χ3v) is 9.68. The Morgan fingerprint density at radius 3 is 2.19 bits per heavy atom. The summed E-state index contributed by atoms with van der Waals surface area (Å²) >= 11 is 0. The van der Waals surface area contributed by atoms with Crippen molar-refractivity contribution >= 4 is 16.9 Å². The highest BCUT2D eigenvalue weighted by molar-refractivity contribution is 6.07. The third kappa shape index (κ3) is 3.36. The van der Waals surface area contributed by atoms with E-state index in [1.807, 2.05) is 31.2 Å². The van der Waals surface area contributed by atoms with Crippen molar-refractivity contribution < 1.29 is 33.6 Å². The highest BCUT2D eigenvalue weighted by atomic mass is 19.1. The van der Waals surface area contributed by atoms with Gasteiger partial charge in [0, 0.05) is 57.9 Å². The molecule has 4 atom stereocenters. The number of aromatic carboxylic acids is 1. The van der Waals surface area contributed by atoms with Gasteiger partial charge in [-0.1, -0.05) is 66.8 Å². The van der Waals surface area contributed by atoms with Gasteiger partial charge in [0.15, 0.2) is 17.0 Å². The molecular formula is C35H25FO7. The van der Waals surface area contributed by atoms with Crippen molar-refractivity contribution in [3.8, 4) is 28.2 Å². The molecule has 7 aliphatic rings. The van der Waals surface area contributed by atoms with Crippen molar-refractivity contribution in [3.05, 3.63) is 124 Å². The lowest BCUT2D eigenvalue weighted by Crippen LogP contribution is -2.70. The Hall–Kier alpha value is -4.79. The topological polar surface area (TPSA) is 106 Å². The normalized spacial score (nSPS) is 30.1. The Kier molecular flexibility index (Phi) is 5.33. The van der Waals surface area contributed by atoms with Crippen LogP contribution in [0.25, 0.3) is 33.4 Å². The molecule has 43 heavy (non-hydrogen) atoms. The number of carbonyl (C=O) groups is 1. The van der Waals surface area contributed by atoms with Crippen molar-refractivity contribution in [1.29, 1.82) is 0 Å². The Balaban J connectivity index is 1.48. The lowest BCUT2D eigenvalue weighted by molar-refractivity contribution is -0.511. The first-order chi connectivity index (χ1) is 20.7. The number of hydrogen-bond donors (Lipinski definition) is 2. The minimum Gasteiger partial charge on any atom is -0.505 e. The van der Waals surface area contributed by atoms with E-state index in [0.29, 0.717) is 22.3 Å². The summed E-state index contributed by atoms with van der Waals surface area (Å²) in [6.45, 7) is 2.03. The zero-order valence-corrected chi connectivity index (χ0v) is 22.9. The average Bonchev–Trinajstić information content (AvgIpc) is 3.01. The minimum absolute atomic E-state index is 0.0118. The molecule has 2 aromatic carbocycles. The molecule has 7 nitrogen and oxygen atoms in total. The molecule has 214 valence electrons. The molecule has 0 radical (unpaired) electrons. The van der Waals surface area contributed by atoms with Crippen LogP contribution in [0.5, 0.6) is 5.75 Å². The number of phenols is 1. The number of rotatable bonds is 3. The van der Waals surface area contributed by atoms with Crippen molar-refractivity contribution in [2.75, 3.05) is 0 Å². The molecule has 1 saturated carbocycles. The largest absolute Gasteiger partial charge is 0.505 e. The second kappa shape index (κ2) is 8.86. The van der Waals surface area contributed by atoms with Gasteiger partial charge >= 0.3 is 5.97 Å². The van der Waals surface area contributed by atoms with E-state index < -0.39 is 28.7 Å². The summed E-state index contributed by atoms with van der Waals surface area (Å²) in [5.41, 5.74) is -0.768. The second-order valence-electron chi connectivity index (χ2n) is 11.8. The molecule has 2 saturated heterocycles. The smallest absolute Gasteiger partial charge is 0.336 e. The highest BCUT2D eigenvalue weighted by Crippen LogP contribution is 2.65. The van der Waals surface area contributed by atoms with Crippen LogP contribution < -0.4 is 5.43 Å². The van der Waals surface area contributed by atoms with E-state index in [0.717, 1.165) is 12.1 Å². The Morgan fingerprint density at radius 2 is 1.51 bits per heavy atom. The number of aromatic hydroxyl groups is 1. The number of carboxylic acid groups (broad SMARTS) is 1. The molecule has 4 aliphatic carbocycles. The number of fused-ring (bicyclic) bond motifs is 3. The number of carboxylic acids is 1. The molecule has 0 aromatic heterocycles. The number of allylic oxidation sites excluding steroid dienone is 4. The van der Waals surface area contributed by atoms with Crippen molar-refractivity contribution in [3.63, 3.8) is 0 Å². The van der Waals surface area contributed by atoms with E-state index in [1.165, 1.54) is 12.1 Å². The van der Waals surface area contributed by atoms with Crippen molar-refractivity contribution in [2.24, 2.45) is 23.7 Å². The molecule has 8 heteroatoms. The fourth-order valence-corrected chi connectivity index (χ4v) is 7.77. The van der Waals surface area contributed by atoms with E-state index in [-0.39, 0.29) is 51.4 Å². The molecule has 3 fully saturated rings. The first-order valence-corrected chi connectivity index (χ1v) is 14.1. The molecular weight excluding hydrogens is 551 g/mol. The molecule has 2 bridgehead atoms. The number of benzene rings is 3. The summed E-state index contributed by atoms with van der Waals surface area (Å²) < 4.78 is 20.9. The van der Waals surface area contributed by atoms with E-state index in [2.05, 4.69) is 24.3 Å². The summed E-state index contributed by atoms with van der Waals surface area (Å²) in [6.07, 6.45) is 16.2. The van der Waals surface area contributed by atoms with Crippen LogP contribution in [0.3, 0.4) is 0 Å². The van der Waals surface area contributed by atoms with Crippen LogP contribution in [0.2, 0.25) is 0 Å². The van der Waals surface area contributed by atoms with Crippen molar-refractivity contribution in [1.82, 2.24) is 0 Å². The lowest BCUT2D eigenvalue weighted by atomic mass is 9.49. The number of hydrogen-bond acceptors (Lipinski definition) is 6. The Labute approximate surface area is 244 Å². The van der Waals surface area contributed by atoms with E-state index in [9.17, 15) is 24.2 Å². The quantitative estimate of drug-likeness (QED) is 0.205. The van der Waals surface area contributed by atoms with Crippen LogP contribution in [-0.4, -0.2) is 21.8 Å². The van der Waals surface area contributed by atoms with Gasteiger partial charge in [-0.15, -0.1) is 0 Å². The van der Waals surface area contributed by atoms with Crippen LogP contribution in [-0.2, 0) is 15.4 Å². The summed E-state index contributed by atoms with van der Waals surface area (Å²) in [5, 5.41) is 20.5. The molecule has 3 aliphatic heterocycles. The second-order valence-corrected chi connectivity index (χ2v) is 11.8. The van der Waals surface area contributed by atoms with E-state index in [1.54, 1.807) is 24.3 Å². The number of phenolic OH excluding ortho intramolecular Hbond substituents is 1. The minimum atomic E-state index is -1.22. The summed E-state index contributed by atoms with van der Waals surface area (Å²) in [4.78, 5) is 39.1. The van der Waals surface area contributed by atoms with Crippen LogP contribution >= 0.6 is 0 Å². The zero-order valence-electron chi connectivity index (χ0n) is 22.9. The monoisotopic (exact) mass is 576 g/mol. The Morgan fingerprint density at radius 1 is 0.860 bits per heavy atom. The zero-order chi connectivity index (χ0) is 29.7. The highest BCUT2D eigenvalue weighted by Gasteiger charge is 2.70. The Bertz CT molecular complexity index is 1980. The van der Waals surface area contributed by atoms with E-state index >= 15 is 0 Å². The van der Waals surface area contributed by atoms with Crippen LogP contribution in [0, 0.1) is 29.5 Å². The predicted octanol–water partition coefficient (Wildman–Crippen LogP) is 6.75. The fourth-order valence-electron chi connectivity index (χ4n) is 7.77.